The van der Waals surface area contributed by atoms with Crippen molar-refractivity contribution in [1.29, 1.82) is 0 Å². The molecule has 108 valence electrons. The van der Waals surface area contributed by atoms with Crippen LogP contribution in [0.25, 0.3) is 0 Å². The van der Waals surface area contributed by atoms with Crippen LogP contribution in [0, 0.1) is 5.92 Å². The van der Waals surface area contributed by atoms with Crippen LogP contribution in [0.2, 0.25) is 0 Å². The number of anilines is 1. The number of hydrogen-bond acceptors (Lipinski definition) is 6. The Balaban J connectivity index is 1.55. The van der Waals surface area contributed by atoms with E-state index < -0.39 is 0 Å². The van der Waals surface area contributed by atoms with Crippen molar-refractivity contribution in [2.24, 2.45) is 5.92 Å². The first-order valence-electron chi connectivity index (χ1n) is 6.70. The Bertz CT molecular complexity index is 533. The molecule has 2 saturated heterocycles. The van der Waals surface area contributed by atoms with Crippen LogP contribution in [-0.2, 0) is 4.79 Å². The van der Waals surface area contributed by atoms with E-state index >= 15 is 0 Å². The van der Waals surface area contributed by atoms with Gasteiger partial charge in [0, 0.05) is 43.7 Å². The predicted molar refractivity (Wildman–Crippen MR) is 81.5 cm³/mol. The highest BCUT2D eigenvalue weighted by Gasteiger charge is 2.32. The molecule has 0 N–H and O–H groups in total. The quantitative estimate of drug-likeness (QED) is 0.850. The van der Waals surface area contributed by atoms with E-state index in [-0.39, 0.29) is 11.0 Å². The molecule has 3 heterocycles. The Morgan fingerprint density at radius 3 is 2.65 bits per heavy atom. The van der Waals surface area contributed by atoms with Crippen molar-refractivity contribution in [3.63, 3.8) is 0 Å². The molecule has 2 aliphatic heterocycles. The van der Waals surface area contributed by atoms with Crippen molar-refractivity contribution in [2.75, 3.05) is 31.1 Å². The minimum absolute atomic E-state index is 0.0424. The zero-order chi connectivity index (χ0) is 14.3. The summed E-state index contributed by atoms with van der Waals surface area (Å²) >= 11 is 2.90. The van der Waals surface area contributed by atoms with E-state index in [1.54, 1.807) is 6.92 Å². The normalized spacial score (nSPS) is 19.7. The van der Waals surface area contributed by atoms with E-state index in [4.69, 9.17) is 0 Å². The van der Waals surface area contributed by atoms with Gasteiger partial charge in [-0.05, 0) is 5.92 Å². The van der Waals surface area contributed by atoms with Crippen LogP contribution in [0.5, 0.6) is 0 Å². The lowest BCUT2D eigenvalue weighted by Crippen LogP contribution is -2.50. The van der Waals surface area contributed by atoms with Crippen molar-refractivity contribution in [1.82, 2.24) is 9.88 Å². The third kappa shape index (κ3) is 2.69. The van der Waals surface area contributed by atoms with Crippen molar-refractivity contribution in [2.45, 2.75) is 19.1 Å². The minimum Gasteiger partial charge on any atom is -0.346 e. The molecule has 0 aliphatic carbocycles. The number of likely N-dealkylation sites (tertiary alicyclic amines) is 1. The summed E-state index contributed by atoms with van der Waals surface area (Å²) in [5, 5.41) is 3.26. The molecule has 0 radical (unpaired) electrons. The van der Waals surface area contributed by atoms with Gasteiger partial charge in [-0.15, -0.1) is 11.3 Å². The van der Waals surface area contributed by atoms with Gasteiger partial charge in [-0.1, -0.05) is 18.7 Å². The van der Waals surface area contributed by atoms with Crippen molar-refractivity contribution in [3.05, 3.63) is 11.1 Å². The van der Waals surface area contributed by atoms with E-state index in [1.165, 1.54) is 23.1 Å². The fraction of sp³-hybridized carbons (Fsp3) is 0.615. The van der Waals surface area contributed by atoms with Crippen LogP contribution in [0.3, 0.4) is 0 Å². The maximum Gasteiger partial charge on any atom is 0.273 e. The van der Waals surface area contributed by atoms with Gasteiger partial charge < -0.3 is 9.80 Å². The smallest absolute Gasteiger partial charge is 0.273 e. The number of carbonyl (C=O) groups excluding carboxylic acids is 2. The van der Waals surface area contributed by atoms with Crippen LogP contribution >= 0.6 is 23.1 Å². The van der Waals surface area contributed by atoms with Gasteiger partial charge in [-0.3, -0.25) is 9.59 Å². The zero-order valence-electron chi connectivity index (χ0n) is 11.5. The molecule has 0 spiro atoms. The minimum atomic E-state index is 0.0424. The highest BCUT2D eigenvalue weighted by Crippen LogP contribution is 2.31. The number of aromatic nitrogens is 1. The maximum absolute atomic E-state index is 12.1. The summed E-state index contributed by atoms with van der Waals surface area (Å²) < 4.78 is 0. The molecule has 20 heavy (non-hydrogen) atoms. The third-order valence-electron chi connectivity index (χ3n) is 3.51. The van der Waals surface area contributed by atoms with Crippen LogP contribution in [-0.4, -0.2) is 52.3 Å². The van der Waals surface area contributed by atoms with E-state index in [1.807, 2.05) is 10.3 Å². The number of thiazole rings is 1. The molecule has 2 aliphatic rings. The van der Waals surface area contributed by atoms with E-state index in [9.17, 15) is 9.59 Å². The SMILES string of the molecule is CC(=O)SC1CN(c2nc(C(=O)N3CC(C)C3)cs2)C1. The largest absolute Gasteiger partial charge is 0.346 e. The number of carbonyl (C=O) groups is 2. The lowest BCUT2D eigenvalue weighted by molar-refractivity contribution is -0.109. The summed E-state index contributed by atoms with van der Waals surface area (Å²) in [6.07, 6.45) is 0. The zero-order valence-corrected chi connectivity index (χ0v) is 13.2. The van der Waals surface area contributed by atoms with Crippen molar-refractivity contribution in [3.8, 4) is 0 Å². The third-order valence-corrected chi connectivity index (χ3v) is 5.38. The number of amides is 1. The van der Waals surface area contributed by atoms with Crippen LogP contribution < -0.4 is 4.90 Å². The summed E-state index contributed by atoms with van der Waals surface area (Å²) in [6.45, 7) is 7.10. The Kier molecular flexibility index (Phi) is 3.72. The Labute approximate surface area is 126 Å². The van der Waals surface area contributed by atoms with Gasteiger partial charge in [-0.2, -0.15) is 0 Å². The Morgan fingerprint density at radius 1 is 1.35 bits per heavy atom. The first-order valence-corrected chi connectivity index (χ1v) is 8.46. The average Bonchev–Trinajstić information content (AvgIpc) is 2.77. The molecule has 1 amide bonds. The summed E-state index contributed by atoms with van der Waals surface area (Å²) in [5.41, 5.74) is 0.555. The van der Waals surface area contributed by atoms with E-state index in [0.717, 1.165) is 31.3 Å². The molecule has 3 rings (SSSR count). The fourth-order valence-corrected chi connectivity index (χ4v) is 4.24. The molecule has 0 bridgehead atoms. The first-order chi connectivity index (χ1) is 9.52. The molecule has 2 fully saturated rings. The fourth-order valence-electron chi connectivity index (χ4n) is 2.44. The van der Waals surface area contributed by atoms with Gasteiger partial charge >= 0.3 is 0 Å². The molecule has 1 aromatic rings. The topological polar surface area (TPSA) is 53.5 Å². The number of rotatable bonds is 3. The molecule has 1 aromatic heterocycles. The molecule has 7 heteroatoms. The van der Waals surface area contributed by atoms with Crippen LogP contribution in [0.4, 0.5) is 5.13 Å². The molecule has 0 atom stereocenters. The summed E-state index contributed by atoms with van der Waals surface area (Å²) in [4.78, 5) is 31.5. The molecule has 0 aromatic carbocycles. The summed E-state index contributed by atoms with van der Waals surface area (Å²) in [6, 6.07) is 0. The van der Waals surface area contributed by atoms with Crippen LogP contribution in [0.15, 0.2) is 5.38 Å². The highest BCUT2D eigenvalue weighted by atomic mass is 32.2. The van der Waals surface area contributed by atoms with E-state index in [0.29, 0.717) is 16.9 Å². The Hall–Kier alpha value is -1.08. The monoisotopic (exact) mass is 311 g/mol. The summed E-state index contributed by atoms with van der Waals surface area (Å²) in [7, 11) is 0. The maximum atomic E-state index is 12.1. The first kappa shape index (κ1) is 13.9. The summed E-state index contributed by atoms with van der Waals surface area (Å²) in [5.74, 6) is 0.651. The second-order valence-electron chi connectivity index (χ2n) is 5.47. The predicted octanol–water partition coefficient (Wildman–Crippen LogP) is 1.70. The lowest BCUT2D eigenvalue weighted by Gasteiger charge is -2.38. The number of thioether (sulfide) groups is 1. The van der Waals surface area contributed by atoms with Crippen molar-refractivity contribution >= 4 is 39.3 Å². The molecule has 5 nitrogen and oxygen atoms in total. The lowest BCUT2D eigenvalue weighted by atomic mass is 10.0. The second-order valence-corrected chi connectivity index (χ2v) is 7.78. The van der Waals surface area contributed by atoms with Gasteiger partial charge in [0.2, 0.25) is 0 Å². The molecular weight excluding hydrogens is 294 g/mol. The molecule has 0 unspecified atom stereocenters. The highest BCUT2D eigenvalue weighted by molar-refractivity contribution is 8.14. The van der Waals surface area contributed by atoms with Gasteiger partial charge in [0.25, 0.3) is 5.91 Å². The van der Waals surface area contributed by atoms with Crippen molar-refractivity contribution < 1.29 is 9.59 Å². The van der Waals surface area contributed by atoms with Gasteiger partial charge in [0.05, 0.1) is 0 Å². The number of nitrogens with zero attached hydrogens (tertiary/aromatic N) is 3. The second kappa shape index (κ2) is 5.37. The molecule has 0 saturated carbocycles. The van der Waals surface area contributed by atoms with Gasteiger partial charge in [-0.25, -0.2) is 4.98 Å². The average molecular weight is 311 g/mol. The van der Waals surface area contributed by atoms with Gasteiger partial charge in [0.1, 0.15) is 5.69 Å². The Morgan fingerprint density at radius 2 is 2.05 bits per heavy atom. The standard InChI is InChI=1S/C13H17N3O2S2/c1-8-3-15(4-8)12(18)11-7-19-13(14-11)16-5-10(6-16)20-9(2)17/h7-8,10H,3-6H2,1-2H3. The van der Waals surface area contributed by atoms with E-state index in [2.05, 4.69) is 16.8 Å². The van der Waals surface area contributed by atoms with Crippen LogP contribution in [0.1, 0.15) is 24.3 Å². The number of hydrogen-bond donors (Lipinski definition) is 0. The van der Waals surface area contributed by atoms with Gasteiger partial charge in [0.15, 0.2) is 10.2 Å². The molecular formula is C13H17N3O2S2.